The molecule has 5 aromatic rings. The Morgan fingerprint density at radius 1 is 0.797 bits per heavy atom. The average molecular weight is 832 g/mol. The predicted molar refractivity (Wildman–Crippen MR) is 213 cm³/mol. The van der Waals surface area contributed by atoms with E-state index in [0.29, 0.717) is 51.6 Å². The third-order valence-corrected chi connectivity index (χ3v) is 9.79. The Labute approximate surface area is 343 Å². The Morgan fingerprint density at radius 3 is 2.02 bits per heavy atom. The minimum Gasteiger partial charge on any atom is -0.496 e. The number of alkyl halides is 3. The van der Waals surface area contributed by atoms with E-state index >= 15 is 0 Å². The highest BCUT2D eigenvalue weighted by atomic mass is 35.5. The molecule has 11 nitrogen and oxygen atoms in total. The van der Waals surface area contributed by atoms with Crippen LogP contribution in [-0.4, -0.2) is 40.8 Å². The highest BCUT2D eigenvalue weighted by Gasteiger charge is 2.36. The van der Waals surface area contributed by atoms with Gasteiger partial charge in [0.15, 0.2) is 0 Å². The summed E-state index contributed by atoms with van der Waals surface area (Å²) in [4.78, 5) is 26.2. The summed E-state index contributed by atoms with van der Waals surface area (Å²) in [6.45, 7) is 3.25. The predicted octanol–water partition coefficient (Wildman–Crippen LogP) is 9.24. The zero-order valence-electron chi connectivity index (χ0n) is 32.4. The number of aromatic nitrogens is 1. The molecule has 59 heavy (non-hydrogen) atoms. The van der Waals surface area contributed by atoms with E-state index in [2.05, 4.69) is 16.4 Å². The molecule has 3 N–H and O–H groups in total. The fourth-order valence-corrected chi connectivity index (χ4v) is 6.63. The molecule has 0 saturated heterocycles. The Morgan fingerprint density at radius 2 is 1.42 bits per heavy atom. The maximum atomic E-state index is 14.2. The highest BCUT2D eigenvalue weighted by Crippen LogP contribution is 2.41. The van der Waals surface area contributed by atoms with Crippen LogP contribution in [0, 0.1) is 25.2 Å². The summed E-state index contributed by atoms with van der Waals surface area (Å²) < 4.78 is 66.2. The number of methoxy groups -OCH3 is 1. The second-order valence-corrected chi connectivity index (χ2v) is 13.9. The molecule has 0 amide bonds. The first-order chi connectivity index (χ1) is 28.2. The number of pyridine rings is 1. The number of hydrogen-bond donors (Lipinski definition) is 3. The monoisotopic (exact) mass is 831 g/mol. The number of nitriles is 1. The van der Waals surface area contributed by atoms with Crippen LogP contribution in [0.4, 0.5) is 13.2 Å². The van der Waals surface area contributed by atoms with Crippen molar-refractivity contribution < 1.29 is 51.9 Å². The van der Waals surface area contributed by atoms with Gasteiger partial charge in [0.25, 0.3) is 0 Å². The number of ether oxygens (including phenoxy) is 4. The number of rotatable bonds is 19. The van der Waals surface area contributed by atoms with E-state index in [1.165, 1.54) is 13.3 Å². The minimum absolute atomic E-state index is 0.0343. The van der Waals surface area contributed by atoms with E-state index in [1.807, 2.05) is 38.1 Å². The molecule has 308 valence electrons. The molecule has 0 fully saturated rings. The number of carbonyl (C=O) groups is 2. The van der Waals surface area contributed by atoms with E-state index in [9.17, 15) is 33.1 Å². The number of carboxylic acids is 2. The molecule has 1 heterocycles. The van der Waals surface area contributed by atoms with Gasteiger partial charge in [0.1, 0.15) is 48.9 Å². The van der Waals surface area contributed by atoms with Crippen LogP contribution >= 0.6 is 11.6 Å². The average Bonchev–Trinajstić information content (AvgIpc) is 3.19. The van der Waals surface area contributed by atoms with E-state index in [-0.39, 0.29) is 44.1 Å². The molecule has 0 spiro atoms. The first kappa shape index (κ1) is 43.8. The molecule has 0 aliphatic carbocycles. The SMILES string of the molecule is COc1cc(OCc2cccc(-c3cccc(COc4cc(OCc5cncc(C#N)c5)c(CCCC(=O)O)cc4Cl)c3C)c2C)c(C(F)(F)F)cc1CNCC(=O)O. The molecule has 15 heteroatoms. The van der Waals surface area contributed by atoms with Crippen LogP contribution in [0.5, 0.6) is 23.0 Å². The van der Waals surface area contributed by atoms with Crippen LogP contribution in [0.3, 0.4) is 0 Å². The molecular weight excluding hydrogens is 791 g/mol. The second kappa shape index (κ2) is 19.9. The third-order valence-electron chi connectivity index (χ3n) is 9.50. The molecule has 0 saturated carbocycles. The number of nitrogens with one attached hydrogen (secondary N) is 1. The smallest absolute Gasteiger partial charge is 0.419 e. The Kier molecular flexibility index (Phi) is 14.8. The van der Waals surface area contributed by atoms with Gasteiger partial charge >= 0.3 is 18.1 Å². The minimum atomic E-state index is -4.76. The van der Waals surface area contributed by atoms with Gasteiger partial charge in [-0.25, -0.2) is 0 Å². The molecule has 0 unspecified atom stereocenters. The third kappa shape index (κ3) is 11.6. The Hall–Kier alpha value is -6.30. The summed E-state index contributed by atoms with van der Waals surface area (Å²) in [5.41, 5.74) is 5.76. The molecular formula is C44H41ClF3N3O8. The molecule has 0 radical (unpaired) electrons. The molecule has 1 aromatic heterocycles. The summed E-state index contributed by atoms with van der Waals surface area (Å²) in [5, 5.41) is 30.2. The molecule has 0 aliphatic rings. The van der Waals surface area contributed by atoms with Crippen molar-refractivity contribution in [3.8, 4) is 40.2 Å². The van der Waals surface area contributed by atoms with Crippen molar-refractivity contribution >= 4 is 23.5 Å². The van der Waals surface area contributed by atoms with Crippen molar-refractivity contribution in [2.45, 2.75) is 65.7 Å². The van der Waals surface area contributed by atoms with E-state index in [0.717, 1.165) is 39.9 Å². The number of carboxylic acid groups (broad SMARTS) is 2. The molecule has 4 aromatic carbocycles. The van der Waals surface area contributed by atoms with Gasteiger partial charge in [-0.15, -0.1) is 0 Å². The summed E-state index contributed by atoms with van der Waals surface area (Å²) in [6, 6.07) is 20.4. The number of nitrogens with zero attached hydrogens (tertiary/aromatic N) is 2. The topological polar surface area (TPSA) is 160 Å². The number of hydrogen-bond acceptors (Lipinski definition) is 9. The fourth-order valence-electron chi connectivity index (χ4n) is 6.39. The molecule has 5 rings (SSSR count). The van der Waals surface area contributed by atoms with Crippen LogP contribution in [0.2, 0.25) is 5.02 Å². The standard InChI is InChI=1S/C44H41ClF3N3O8/c1-26-31(24-58-40-16-38(56-3)33(21-51-22-43(54)55)14-36(40)44(46,47)48)8-4-10-34(26)35-11-5-9-32(27(35)2)25-59-41-17-39(30(15-37(41)45)7-6-12-42(52)53)57-23-29-13-28(18-49)19-50-20-29/h4-5,8-11,13-17,19-20,51H,6-7,12,21-25H2,1-3H3,(H,52,53)(H,54,55). The van der Waals surface area contributed by atoms with Crippen molar-refractivity contribution in [3.63, 3.8) is 0 Å². The van der Waals surface area contributed by atoms with Gasteiger partial charge in [0.05, 0.1) is 29.8 Å². The quantitative estimate of drug-likeness (QED) is 0.0728. The van der Waals surface area contributed by atoms with Gasteiger partial charge in [-0.2, -0.15) is 18.4 Å². The van der Waals surface area contributed by atoms with Gasteiger partial charge in [-0.1, -0.05) is 48.0 Å². The van der Waals surface area contributed by atoms with E-state index in [1.54, 1.807) is 36.5 Å². The first-order valence-corrected chi connectivity index (χ1v) is 18.7. The first-order valence-electron chi connectivity index (χ1n) is 18.3. The number of halogens is 4. The Balaban J connectivity index is 1.36. The highest BCUT2D eigenvalue weighted by molar-refractivity contribution is 6.32. The lowest BCUT2D eigenvalue weighted by Crippen LogP contribution is -2.22. The van der Waals surface area contributed by atoms with Crippen LogP contribution in [0.25, 0.3) is 11.1 Å². The summed E-state index contributed by atoms with van der Waals surface area (Å²) in [6.07, 6.45) is -1.01. The fraction of sp³-hybridized carbons (Fsp3) is 0.273. The van der Waals surface area contributed by atoms with Gasteiger partial charge in [-0.3, -0.25) is 14.6 Å². The van der Waals surface area contributed by atoms with Gasteiger partial charge < -0.3 is 34.5 Å². The number of aliphatic carboxylic acids is 2. The number of aryl methyl sites for hydroxylation is 1. The summed E-state index contributed by atoms with van der Waals surface area (Å²) in [5.74, 6) is -1.60. The molecule has 0 bridgehead atoms. The summed E-state index contributed by atoms with van der Waals surface area (Å²) in [7, 11) is 1.31. The van der Waals surface area contributed by atoms with Crippen molar-refractivity contribution in [1.29, 1.82) is 5.26 Å². The van der Waals surface area contributed by atoms with Crippen molar-refractivity contribution in [1.82, 2.24) is 10.3 Å². The van der Waals surface area contributed by atoms with Crippen LogP contribution < -0.4 is 24.3 Å². The zero-order chi connectivity index (χ0) is 42.7. The van der Waals surface area contributed by atoms with E-state index < -0.39 is 36.0 Å². The lowest BCUT2D eigenvalue weighted by molar-refractivity contribution is -0.139. The van der Waals surface area contributed by atoms with Gasteiger partial charge in [0.2, 0.25) is 0 Å². The zero-order valence-corrected chi connectivity index (χ0v) is 33.2. The van der Waals surface area contributed by atoms with Crippen LogP contribution in [-0.2, 0) is 48.6 Å². The second-order valence-electron chi connectivity index (χ2n) is 13.5. The lowest BCUT2D eigenvalue weighted by Gasteiger charge is -2.20. The van der Waals surface area contributed by atoms with Gasteiger partial charge in [0, 0.05) is 48.6 Å². The van der Waals surface area contributed by atoms with Crippen molar-refractivity contribution in [2.75, 3.05) is 13.7 Å². The largest absolute Gasteiger partial charge is 0.496 e. The maximum absolute atomic E-state index is 14.2. The van der Waals surface area contributed by atoms with Crippen LogP contribution in [0.1, 0.15) is 62.9 Å². The normalized spacial score (nSPS) is 11.2. The van der Waals surface area contributed by atoms with Gasteiger partial charge in [-0.05, 0) is 83.8 Å². The Bertz CT molecular complexity index is 2360. The van der Waals surface area contributed by atoms with Crippen molar-refractivity contribution in [2.24, 2.45) is 0 Å². The van der Waals surface area contributed by atoms with Crippen molar-refractivity contribution in [3.05, 3.63) is 134 Å². The lowest BCUT2D eigenvalue weighted by atomic mass is 9.92. The molecule has 0 atom stereocenters. The summed E-state index contributed by atoms with van der Waals surface area (Å²) >= 11 is 6.69. The van der Waals surface area contributed by atoms with E-state index in [4.69, 9.17) is 35.7 Å². The van der Waals surface area contributed by atoms with Crippen LogP contribution in [0.15, 0.2) is 79.1 Å². The molecule has 0 aliphatic heterocycles. The number of benzene rings is 4. The maximum Gasteiger partial charge on any atom is 0.419 e.